The number of anilines is 1. The first-order valence-corrected chi connectivity index (χ1v) is 11.9. The highest BCUT2D eigenvalue weighted by Crippen LogP contribution is 2.29. The molecule has 2 aromatic rings. The van der Waals surface area contributed by atoms with Gasteiger partial charge in [0, 0.05) is 39.4 Å². The summed E-state index contributed by atoms with van der Waals surface area (Å²) in [5, 5.41) is 23.2. The Morgan fingerprint density at radius 2 is 1.65 bits per heavy atom. The number of carbonyl (C=O) groups is 4. The fourth-order valence-corrected chi connectivity index (χ4v) is 4.32. The van der Waals surface area contributed by atoms with E-state index in [0.29, 0.717) is 33.9 Å². The lowest BCUT2D eigenvalue weighted by molar-refractivity contribution is -0.146. The fraction of sp³-hybridized carbons (Fsp3) is 0.333. The van der Waals surface area contributed by atoms with Crippen LogP contribution in [0.25, 0.3) is 0 Å². The number of thioether (sulfide) groups is 1. The number of hydrogen-bond acceptors (Lipinski definition) is 8. The van der Waals surface area contributed by atoms with Crippen molar-refractivity contribution in [2.75, 3.05) is 36.6 Å². The lowest BCUT2D eigenvalue weighted by atomic mass is 9.84. The van der Waals surface area contributed by atoms with Crippen LogP contribution in [0.2, 0.25) is 0 Å². The fourth-order valence-electron chi connectivity index (χ4n) is 3.31. The summed E-state index contributed by atoms with van der Waals surface area (Å²) in [5.41, 5.74) is 1.57. The molecule has 0 aromatic heterocycles. The van der Waals surface area contributed by atoms with Gasteiger partial charge in [-0.1, -0.05) is 31.2 Å². The van der Waals surface area contributed by atoms with E-state index in [4.69, 9.17) is 9.84 Å². The van der Waals surface area contributed by atoms with E-state index in [1.165, 1.54) is 23.9 Å². The molecule has 0 heterocycles. The summed E-state index contributed by atoms with van der Waals surface area (Å²) in [7, 11) is 0. The maximum absolute atomic E-state index is 12.8. The number of ketones is 2. The molecule has 0 radical (unpaired) electrons. The van der Waals surface area contributed by atoms with Crippen molar-refractivity contribution in [3.05, 3.63) is 64.7 Å². The average Bonchev–Trinajstić information content (AvgIpc) is 2.84. The Morgan fingerprint density at radius 3 is 2.32 bits per heavy atom. The number of rotatable bonds is 10. The summed E-state index contributed by atoms with van der Waals surface area (Å²) < 4.78 is 5.13. The molecule has 1 aliphatic rings. The summed E-state index contributed by atoms with van der Waals surface area (Å²) in [6, 6.07) is 10.6. The molecule has 0 aliphatic heterocycles. The van der Waals surface area contributed by atoms with E-state index in [1.807, 2.05) is 0 Å². The van der Waals surface area contributed by atoms with Gasteiger partial charge < -0.3 is 25.6 Å². The van der Waals surface area contributed by atoms with Crippen molar-refractivity contribution < 1.29 is 34.1 Å². The van der Waals surface area contributed by atoms with Crippen molar-refractivity contribution in [1.82, 2.24) is 5.32 Å². The normalized spacial score (nSPS) is 14.0. The lowest BCUT2D eigenvalue weighted by Crippen LogP contribution is -2.33. The summed E-state index contributed by atoms with van der Waals surface area (Å²) in [6.07, 6.45) is -0.819. The minimum Gasteiger partial charge on any atom is -0.464 e. The molecule has 0 spiro atoms. The third kappa shape index (κ3) is 6.22. The molecule has 2 aromatic carbocycles. The van der Waals surface area contributed by atoms with Gasteiger partial charge in [-0.05, 0) is 18.2 Å². The summed E-state index contributed by atoms with van der Waals surface area (Å²) >= 11 is 1.34. The lowest BCUT2D eigenvalue weighted by Gasteiger charge is -2.18. The van der Waals surface area contributed by atoms with Crippen LogP contribution in [-0.2, 0) is 9.53 Å². The van der Waals surface area contributed by atoms with Gasteiger partial charge in [-0.3, -0.25) is 14.4 Å². The number of urea groups is 1. The highest BCUT2D eigenvalue weighted by atomic mass is 32.2. The molecule has 1 aliphatic carbocycles. The van der Waals surface area contributed by atoms with Gasteiger partial charge in [0.15, 0.2) is 11.6 Å². The third-order valence-electron chi connectivity index (χ3n) is 5.11. The Hall–Kier alpha value is -3.21. The molecular formula is C24H26N2O7S. The molecule has 10 heteroatoms. The smallest absolute Gasteiger partial charge is 0.319 e. The third-order valence-corrected chi connectivity index (χ3v) is 6.46. The highest BCUT2D eigenvalue weighted by molar-refractivity contribution is 7.99. The molecule has 0 saturated carbocycles. The van der Waals surface area contributed by atoms with E-state index in [1.54, 1.807) is 37.3 Å². The molecule has 2 unspecified atom stereocenters. The Balaban J connectivity index is 1.45. The molecule has 9 nitrogen and oxygen atoms in total. The Morgan fingerprint density at radius 1 is 1.00 bits per heavy atom. The number of benzene rings is 2. The molecule has 2 amide bonds. The summed E-state index contributed by atoms with van der Waals surface area (Å²) in [6.45, 7) is 1.43. The van der Waals surface area contributed by atoms with Crippen LogP contribution in [0.5, 0.6) is 0 Å². The maximum atomic E-state index is 12.8. The molecule has 0 saturated heterocycles. The zero-order chi connectivity index (χ0) is 24.7. The molecule has 0 fully saturated rings. The monoisotopic (exact) mass is 486 g/mol. The van der Waals surface area contributed by atoms with E-state index < -0.39 is 24.0 Å². The van der Waals surface area contributed by atoms with Crippen molar-refractivity contribution in [1.29, 1.82) is 0 Å². The number of carbonyl (C=O) groups excluding carboxylic acids is 4. The van der Waals surface area contributed by atoms with Crippen molar-refractivity contribution >= 4 is 41.0 Å². The topological polar surface area (TPSA) is 142 Å². The standard InChI is InChI=1S/C24H26N2O7S/c1-14(12-34-13-16(28)11-27)23(31)33-9-8-25-24(32)26-15-6-7-19-20(10-15)22(30)18-5-3-2-4-17(18)21(19)29/h2-7,10,14,16,27-28H,8-9,11-13H2,1H3,(H2,25,26,32). The van der Waals surface area contributed by atoms with Crippen LogP contribution in [0.3, 0.4) is 0 Å². The second kappa shape index (κ2) is 11.8. The Bertz CT molecular complexity index is 1090. The van der Waals surface area contributed by atoms with E-state index in [9.17, 15) is 24.3 Å². The van der Waals surface area contributed by atoms with Gasteiger partial charge in [-0.2, -0.15) is 11.8 Å². The van der Waals surface area contributed by atoms with Gasteiger partial charge in [0.05, 0.1) is 25.2 Å². The predicted octanol–water partition coefficient (Wildman–Crippen LogP) is 1.85. The summed E-state index contributed by atoms with van der Waals surface area (Å²) in [4.78, 5) is 49.6. The van der Waals surface area contributed by atoms with Crippen LogP contribution in [0.15, 0.2) is 42.5 Å². The van der Waals surface area contributed by atoms with Crippen LogP contribution in [0, 0.1) is 5.92 Å². The Kier molecular flexibility index (Phi) is 8.80. The quantitative estimate of drug-likeness (QED) is 0.251. The van der Waals surface area contributed by atoms with Gasteiger partial charge in [0.2, 0.25) is 0 Å². The van der Waals surface area contributed by atoms with Crippen molar-refractivity contribution in [2.24, 2.45) is 5.92 Å². The molecule has 2 atom stereocenters. The number of esters is 1. The molecule has 180 valence electrons. The highest BCUT2D eigenvalue weighted by Gasteiger charge is 2.29. The SMILES string of the molecule is CC(CSCC(O)CO)C(=O)OCCNC(=O)Nc1ccc2c(c1)C(=O)c1ccccc1C2=O. The van der Waals surface area contributed by atoms with Gasteiger partial charge in [-0.15, -0.1) is 0 Å². The van der Waals surface area contributed by atoms with Crippen LogP contribution < -0.4 is 10.6 Å². The molecule has 4 N–H and O–H groups in total. The minimum atomic E-state index is -0.819. The number of ether oxygens (including phenoxy) is 1. The first-order valence-electron chi connectivity index (χ1n) is 10.7. The zero-order valence-corrected chi connectivity index (χ0v) is 19.4. The zero-order valence-electron chi connectivity index (χ0n) is 18.6. The second-order valence-electron chi connectivity index (χ2n) is 7.79. The largest absolute Gasteiger partial charge is 0.464 e. The molecule has 0 bridgehead atoms. The van der Waals surface area contributed by atoms with Gasteiger partial charge in [-0.25, -0.2) is 4.79 Å². The minimum absolute atomic E-state index is 0.0194. The predicted molar refractivity (Wildman–Crippen MR) is 127 cm³/mol. The molecular weight excluding hydrogens is 460 g/mol. The maximum Gasteiger partial charge on any atom is 0.319 e. The van der Waals surface area contributed by atoms with Crippen LogP contribution in [-0.4, -0.2) is 71.1 Å². The first kappa shape index (κ1) is 25.4. The van der Waals surface area contributed by atoms with E-state index >= 15 is 0 Å². The Labute approximate surface area is 200 Å². The van der Waals surface area contributed by atoms with Crippen LogP contribution >= 0.6 is 11.8 Å². The number of aliphatic hydroxyl groups is 2. The number of aliphatic hydroxyl groups excluding tert-OH is 2. The molecule has 34 heavy (non-hydrogen) atoms. The van der Waals surface area contributed by atoms with Crippen LogP contribution in [0.1, 0.15) is 38.8 Å². The van der Waals surface area contributed by atoms with Gasteiger partial charge in [0.1, 0.15) is 6.61 Å². The average molecular weight is 487 g/mol. The first-order chi connectivity index (χ1) is 16.3. The van der Waals surface area contributed by atoms with Crippen molar-refractivity contribution in [3.63, 3.8) is 0 Å². The van der Waals surface area contributed by atoms with Gasteiger partial charge in [0.25, 0.3) is 0 Å². The number of fused-ring (bicyclic) bond motifs is 2. The summed E-state index contributed by atoms with van der Waals surface area (Å²) in [5.74, 6) is -0.574. The number of hydrogen-bond donors (Lipinski definition) is 4. The van der Waals surface area contributed by atoms with Crippen molar-refractivity contribution in [3.8, 4) is 0 Å². The van der Waals surface area contributed by atoms with Crippen molar-refractivity contribution in [2.45, 2.75) is 13.0 Å². The molecule has 3 rings (SSSR count). The van der Waals surface area contributed by atoms with E-state index in [2.05, 4.69) is 10.6 Å². The number of amides is 2. The second-order valence-corrected chi connectivity index (χ2v) is 8.86. The van der Waals surface area contributed by atoms with E-state index in [-0.39, 0.29) is 36.9 Å². The van der Waals surface area contributed by atoms with Gasteiger partial charge >= 0.3 is 12.0 Å². The van der Waals surface area contributed by atoms with Crippen LogP contribution in [0.4, 0.5) is 10.5 Å². The number of nitrogens with one attached hydrogen (secondary N) is 2. The van der Waals surface area contributed by atoms with E-state index in [0.717, 1.165) is 0 Å².